The third-order valence-electron chi connectivity index (χ3n) is 6.04. The maximum atomic E-state index is 13.5. The minimum absolute atomic E-state index is 0.0558. The molecule has 0 fully saturated rings. The molecule has 0 aliphatic heterocycles. The number of hydrogen-bond acceptors (Lipinski definition) is 8. The van der Waals surface area contributed by atoms with Crippen molar-refractivity contribution in [2.45, 2.75) is 40.0 Å². The number of ether oxygens (including phenoxy) is 2. The van der Waals surface area contributed by atoms with Gasteiger partial charge in [0.1, 0.15) is 5.82 Å². The fourth-order valence-electron chi connectivity index (χ4n) is 4.06. The van der Waals surface area contributed by atoms with Gasteiger partial charge in [-0.15, -0.1) is 0 Å². The van der Waals surface area contributed by atoms with Crippen LogP contribution in [0.1, 0.15) is 44.6 Å². The molecule has 0 saturated carbocycles. The van der Waals surface area contributed by atoms with E-state index in [1.807, 2.05) is 39.8 Å². The Morgan fingerprint density at radius 1 is 1.14 bits per heavy atom. The van der Waals surface area contributed by atoms with E-state index in [4.69, 9.17) is 9.47 Å². The normalized spacial score (nSPS) is 11.6. The summed E-state index contributed by atoms with van der Waals surface area (Å²) in [4.78, 5) is 42.1. The third kappa shape index (κ3) is 7.00. The summed E-state index contributed by atoms with van der Waals surface area (Å²) in [7, 11) is 0. The number of carbonyl (C=O) groups is 1. The van der Waals surface area contributed by atoms with E-state index in [-0.39, 0.29) is 29.2 Å². The molecule has 0 bridgehead atoms. The van der Waals surface area contributed by atoms with Crippen LogP contribution in [0.4, 0.5) is 11.4 Å². The highest BCUT2D eigenvalue weighted by atomic mass is 79.9. The van der Waals surface area contributed by atoms with Crippen molar-refractivity contribution in [3.8, 4) is 11.5 Å². The molecule has 1 amide bonds. The molecule has 0 aliphatic carbocycles. The van der Waals surface area contributed by atoms with Crippen molar-refractivity contribution in [1.82, 2.24) is 9.66 Å². The van der Waals surface area contributed by atoms with Crippen molar-refractivity contribution in [2.75, 3.05) is 18.5 Å². The Morgan fingerprint density at radius 2 is 1.86 bits per heavy atom. The molecule has 42 heavy (non-hydrogen) atoms. The summed E-state index contributed by atoms with van der Waals surface area (Å²) in [5.74, 6) is -0.216. The largest absolute Gasteiger partial charge is 0.490 e. The van der Waals surface area contributed by atoms with Crippen LogP contribution < -0.4 is 20.3 Å². The molecule has 12 heteroatoms. The number of rotatable bonds is 9. The number of amides is 1. The smallest absolute Gasteiger partial charge is 0.315 e. The summed E-state index contributed by atoms with van der Waals surface area (Å²) in [6, 6.07) is 15.2. The Kier molecular flexibility index (Phi) is 9.05. The van der Waals surface area contributed by atoms with E-state index >= 15 is 0 Å². The van der Waals surface area contributed by atoms with E-state index in [2.05, 4.69) is 31.3 Å². The van der Waals surface area contributed by atoms with Crippen molar-refractivity contribution in [3.63, 3.8) is 0 Å². The number of nitro benzene ring substituents is 1. The van der Waals surface area contributed by atoms with Crippen molar-refractivity contribution in [3.05, 3.63) is 96.5 Å². The molecule has 218 valence electrons. The van der Waals surface area contributed by atoms with Gasteiger partial charge in [0.15, 0.2) is 12.4 Å². The van der Waals surface area contributed by atoms with E-state index in [1.165, 1.54) is 23.0 Å². The predicted molar refractivity (Wildman–Crippen MR) is 165 cm³/mol. The Balaban J connectivity index is 1.71. The van der Waals surface area contributed by atoms with Gasteiger partial charge in [0.25, 0.3) is 11.5 Å². The number of carbonyl (C=O) groups excluding carboxylic acids is 1. The molecule has 4 aromatic rings. The zero-order valence-corrected chi connectivity index (χ0v) is 25.4. The number of aryl methyl sites for hydroxylation is 1. The van der Waals surface area contributed by atoms with E-state index in [0.717, 1.165) is 5.56 Å². The molecule has 4 rings (SSSR count). The molecular weight excluding hydrogens is 606 g/mol. The number of aromatic nitrogens is 2. The van der Waals surface area contributed by atoms with Crippen LogP contribution >= 0.6 is 15.9 Å². The fraction of sp³-hybridized carbons (Fsp3) is 0.267. The second kappa shape index (κ2) is 12.5. The first-order valence-corrected chi connectivity index (χ1v) is 13.9. The molecule has 0 unspecified atom stereocenters. The lowest BCUT2D eigenvalue weighted by atomic mass is 9.95. The predicted octanol–water partition coefficient (Wildman–Crippen LogP) is 5.97. The van der Waals surface area contributed by atoms with Gasteiger partial charge in [-0.3, -0.25) is 19.7 Å². The summed E-state index contributed by atoms with van der Waals surface area (Å²) in [6.45, 7) is 9.07. The lowest BCUT2D eigenvalue weighted by Gasteiger charge is -2.21. The highest BCUT2D eigenvalue weighted by molar-refractivity contribution is 9.10. The van der Waals surface area contributed by atoms with Gasteiger partial charge >= 0.3 is 5.69 Å². The van der Waals surface area contributed by atoms with E-state index < -0.39 is 28.5 Å². The van der Waals surface area contributed by atoms with Crippen LogP contribution in [0.3, 0.4) is 0 Å². The first-order valence-electron chi connectivity index (χ1n) is 13.1. The quantitative estimate of drug-likeness (QED) is 0.136. The number of halogens is 1. The molecule has 0 aliphatic rings. The monoisotopic (exact) mass is 635 g/mol. The van der Waals surface area contributed by atoms with Gasteiger partial charge in [0.05, 0.1) is 28.6 Å². The van der Waals surface area contributed by atoms with Gasteiger partial charge in [0, 0.05) is 27.2 Å². The molecule has 1 aromatic heterocycles. The number of nitro groups is 1. The number of anilines is 1. The molecule has 0 spiro atoms. The number of benzene rings is 3. The number of nitrogens with one attached hydrogen (secondary N) is 1. The van der Waals surface area contributed by atoms with Gasteiger partial charge in [-0.2, -0.15) is 9.78 Å². The number of fused-ring (bicyclic) bond motifs is 1. The Bertz CT molecular complexity index is 1740. The molecule has 1 N–H and O–H groups in total. The third-order valence-corrected chi connectivity index (χ3v) is 6.53. The summed E-state index contributed by atoms with van der Waals surface area (Å²) < 4.78 is 13.2. The minimum atomic E-state index is -0.630. The fourth-order valence-corrected chi connectivity index (χ4v) is 4.42. The molecule has 1 heterocycles. The SMILES string of the molecule is CCOc1cc(C=Nn2c(C(C)(C)C)nc3ccc(Br)cc3c2=O)cc([N+](=O)[O-])c1OCC(=O)Nc1ccc(C)cc1. The zero-order chi connectivity index (χ0) is 30.6. The molecular formula is C30H30BrN5O6. The maximum Gasteiger partial charge on any atom is 0.315 e. The van der Waals surface area contributed by atoms with Crippen LogP contribution in [-0.2, 0) is 10.2 Å². The van der Waals surface area contributed by atoms with Crippen molar-refractivity contribution < 1.29 is 19.2 Å². The van der Waals surface area contributed by atoms with Crippen molar-refractivity contribution in [1.29, 1.82) is 0 Å². The molecule has 0 saturated heterocycles. The summed E-state index contributed by atoms with van der Waals surface area (Å²) in [5.41, 5.74) is 1.06. The number of nitrogens with zero attached hydrogens (tertiary/aromatic N) is 4. The first-order chi connectivity index (χ1) is 19.9. The van der Waals surface area contributed by atoms with Crippen LogP contribution in [0.5, 0.6) is 11.5 Å². The average molecular weight is 637 g/mol. The maximum absolute atomic E-state index is 13.5. The Labute approximate surface area is 250 Å². The Morgan fingerprint density at radius 3 is 2.50 bits per heavy atom. The second-order valence-electron chi connectivity index (χ2n) is 10.5. The van der Waals surface area contributed by atoms with E-state index in [0.29, 0.717) is 26.9 Å². The summed E-state index contributed by atoms with van der Waals surface area (Å²) >= 11 is 3.39. The van der Waals surface area contributed by atoms with Crippen LogP contribution in [0.25, 0.3) is 10.9 Å². The van der Waals surface area contributed by atoms with E-state index in [9.17, 15) is 19.7 Å². The lowest BCUT2D eigenvalue weighted by molar-refractivity contribution is -0.385. The second-order valence-corrected chi connectivity index (χ2v) is 11.4. The summed E-state index contributed by atoms with van der Waals surface area (Å²) in [6.07, 6.45) is 1.32. The summed E-state index contributed by atoms with van der Waals surface area (Å²) in [5, 5.41) is 19.5. The molecule has 11 nitrogen and oxygen atoms in total. The standard InChI is InChI=1S/C30H30BrN5O6/c1-6-41-25-14-19(13-24(36(39)40)27(25)42-17-26(37)33-21-10-7-18(2)8-11-21)16-32-35-28(38)22-15-20(31)9-12-23(22)34-29(35)30(3,4)5/h7-16H,6,17H2,1-5H3,(H,33,37). The zero-order valence-electron chi connectivity index (χ0n) is 23.8. The van der Waals surface area contributed by atoms with Crippen molar-refractivity contribution >= 4 is 50.3 Å². The van der Waals surface area contributed by atoms with Gasteiger partial charge in [0.2, 0.25) is 5.75 Å². The Hall–Kier alpha value is -4.58. The average Bonchev–Trinajstić information content (AvgIpc) is 2.92. The van der Waals surface area contributed by atoms with Crippen LogP contribution in [0, 0.1) is 17.0 Å². The van der Waals surface area contributed by atoms with Crippen LogP contribution in [-0.4, -0.2) is 39.9 Å². The van der Waals surface area contributed by atoms with Gasteiger partial charge in [-0.1, -0.05) is 54.4 Å². The first kappa shape index (κ1) is 30.4. The molecule has 3 aromatic carbocycles. The highest BCUT2D eigenvalue weighted by Crippen LogP contribution is 2.38. The van der Waals surface area contributed by atoms with E-state index in [1.54, 1.807) is 37.3 Å². The van der Waals surface area contributed by atoms with Crippen LogP contribution in [0.15, 0.2) is 69.0 Å². The lowest BCUT2D eigenvalue weighted by Crippen LogP contribution is -2.29. The molecule has 0 radical (unpaired) electrons. The van der Waals surface area contributed by atoms with Gasteiger partial charge in [-0.25, -0.2) is 4.98 Å². The molecule has 0 atom stereocenters. The highest BCUT2D eigenvalue weighted by Gasteiger charge is 2.25. The minimum Gasteiger partial charge on any atom is -0.490 e. The number of hydrogen-bond donors (Lipinski definition) is 1. The van der Waals surface area contributed by atoms with Gasteiger partial charge < -0.3 is 14.8 Å². The van der Waals surface area contributed by atoms with Crippen molar-refractivity contribution in [2.24, 2.45) is 5.10 Å². The van der Waals surface area contributed by atoms with Crippen LogP contribution in [0.2, 0.25) is 0 Å². The topological polar surface area (TPSA) is 138 Å². The van der Waals surface area contributed by atoms with Gasteiger partial charge in [-0.05, 0) is 50.2 Å².